The van der Waals surface area contributed by atoms with E-state index in [1.165, 1.54) is 16.7 Å². The van der Waals surface area contributed by atoms with Gasteiger partial charge in [-0.25, -0.2) is 4.72 Å². The lowest BCUT2D eigenvalue weighted by atomic mass is 9.54. The molecule has 2 N–H and O–H groups in total. The van der Waals surface area contributed by atoms with E-state index >= 15 is 0 Å². The molecule has 6 atom stereocenters. The molecule has 0 amide bonds. The highest BCUT2D eigenvalue weighted by Gasteiger charge is 2.55. The number of benzene rings is 2. The molecule has 6 unspecified atom stereocenters. The first-order valence-corrected chi connectivity index (χ1v) is 13.5. The zero-order chi connectivity index (χ0) is 22.4. The maximum absolute atomic E-state index is 12.9. The van der Waals surface area contributed by atoms with Gasteiger partial charge in [0, 0.05) is 39.5 Å². The number of rotatable bonds is 4. The van der Waals surface area contributed by atoms with Crippen LogP contribution in [0.3, 0.4) is 0 Å². The van der Waals surface area contributed by atoms with Crippen molar-refractivity contribution in [3.63, 3.8) is 0 Å². The minimum Gasteiger partial charge on any atom is -0.310 e. The molecule has 4 rings (SSSR count). The van der Waals surface area contributed by atoms with Crippen LogP contribution in [0.2, 0.25) is 5.02 Å². The average Bonchev–Trinajstić information content (AvgIpc) is 2.71. The number of halogens is 1. The summed E-state index contributed by atoms with van der Waals surface area (Å²) in [6.07, 6.45) is 3.58. The molecule has 1 aliphatic carbocycles. The van der Waals surface area contributed by atoms with Crippen molar-refractivity contribution in [3.05, 3.63) is 82.4 Å². The molecule has 1 saturated carbocycles. The van der Waals surface area contributed by atoms with Gasteiger partial charge in [0.25, 0.3) is 0 Å². The standard InChI is InChI=1S/C26H33ClN2OS/c1-17-6-8-20(9-7-17)23-14-15-26(29-31(4,5)30)18(2)16-28-19(3)25(26)24(23)21-10-12-22(27)13-11-21/h6-13,19,23-25,28H,2,4,14-16H2,1,3,5H3,(H,29,30). The molecule has 3 nitrogen and oxygen atoms in total. The van der Waals surface area contributed by atoms with Crippen molar-refractivity contribution in [3.8, 4) is 0 Å². The van der Waals surface area contributed by atoms with Gasteiger partial charge in [-0.15, -0.1) is 0 Å². The van der Waals surface area contributed by atoms with Crippen molar-refractivity contribution in [1.82, 2.24) is 10.0 Å². The molecule has 0 bridgehead atoms. The quantitative estimate of drug-likeness (QED) is 0.498. The molecule has 0 radical (unpaired) electrons. The van der Waals surface area contributed by atoms with E-state index in [9.17, 15) is 4.21 Å². The van der Waals surface area contributed by atoms with Gasteiger partial charge in [-0.1, -0.05) is 60.1 Å². The first kappa shape index (κ1) is 22.6. The fourth-order valence-corrected chi connectivity index (χ4v) is 7.17. The monoisotopic (exact) mass is 456 g/mol. The Morgan fingerprint density at radius 3 is 2.35 bits per heavy atom. The van der Waals surface area contributed by atoms with E-state index in [1.54, 1.807) is 6.26 Å². The molecule has 31 heavy (non-hydrogen) atoms. The fourth-order valence-electron chi connectivity index (χ4n) is 5.89. The Morgan fingerprint density at radius 1 is 1.13 bits per heavy atom. The summed E-state index contributed by atoms with van der Waals surface area (Å²) < 4.78 is 16.4. The summed E-state index contributed by atoms with van der Waals surface area (Å²) in [6.45, 7) is 9.54. The SMILES string of the molecule is C=C1CNC(C)C2C(c3ccc(Cl)cc3)C(c3ccc(C)cc3)CCC12NS(=C)(C)=O. The van der Waals surface area contributed by atoms with Gasteiger partial charge in [0.05, 0.1) is 5.54 Å². The first-order valence-electron chi connectivity index (χ1n) is 11.0. The Balaban J connectivity index is 1.89. The maximum Gasteiger partial charge on any atom is 0.0567 e. The zero-order valence-electron chi connectivity index (χ0n) is 18.7. The third kappa shape index (κ3) is 4.36. The van der Waals surface area contributed by atoms with Crippen LogP contribution in [0.15, 0.2) is 60.7 Å². The second kappa shape index (κ2) is 8.40. The number of nitrogens with one attached hydrogen (secondary N) is 2. The number of aryl methyl sites for hydroxylation is 1. The Morgan fingerprint density at radius 2 is 1.74 bits per heavy atom. The molecular weight excluding hydrogens is 424 g/mol. The summed E-state index contributed by atoms with van der Waals surface area (Å²) in [4.78, 5) is 0. The average molecular weight is 457 g/mol. The molecule has 2 aliphatic rings. The Bertz CT molecular complexity index is 1060. The smallest absolute Gasteiger partial charge is 0.0567 e. The van der Waals surface area contributed by atoms with E-state index in [0.717, 1.165) is 30.0 Å². The zero-order valence-corrected chi connectivity index (χ0v) is 20.2. The van der Waals surface area contributed by atoms with Gasteiger partial charge in [0.15, 0.2) is 0 Å². The molecule has 0 spiro atoms. The summed E-state index contributed by atoms with van der Waals surface area (Å²) in [5.74, 6) is 4.70. The third-order valence-corrected chi connectivity index (χ3v) is 8.25. The Kier molecular flexibility index (Phi) is 6.12. The van der Waals surface area contributed by atoms with Crippen molar-refractivity contribution in [1.29, 1.82) is 0 Å². The van der Waals surface area contributed by atoms with Crippen LogP contribution in [0.5, 0.6) is 0 Å². The fraction of sp³-hybridized carbons (Fsp3) is 0.423. The molecule has 2 aromatic rings. The van der Waals surface area contributed by atoms with E-state index in [1.807, 2.05) is 12.1 Å². The number of piperidine rings is 1. The van der Waals surface area contributed by atoms with Crippen molar-refractivity contribution in [2.24, 2.45) is 5.92 Å². The highest BCUT2D eigenvalue weighted by Crippen LogP contribution is 2.55. The van der Waals surface area contributed by atoms with Gasteiger partial charge in [0.1, 0.15) is 0 Å². The number of hydrogen-bond donors (Lipinski definition) is 2. The van der Waals surface area contributed by atoms with Crippen LogP contribution >= 0.6 is 11.6 Å². The minimum atomic E-state index is -2.42. The minimum absolute atomic E-state index is 0.178. The Hall–Kier alpha value is -1.59. The predicted octanol–water partition coefficient (Wildman–Crippen LogP) is 5.06. The van der Waals surface area contributed by atoms with E-state index in [0.29, 0.717) is 5.92 Å². The first-order chi connectivity index (χ1) is 14.6. The summed E-state index contributed by atoms with van der Waals surface area (Å²) in [5.41, 5.74) is 4.55. The van der Waals surface area contributed by atoms with Gasteiger partial charge < -0.3 is 5.32 Å². The number of hydrogen-bond acceptors (Lipinski definition) is 2. The summed E-state index contributed by atoms with van der Waals surface area (Å²) >= 11 is 6.24. The third-order valence-electron chi connectivity index (χ3n) is 7.20. The van der Waals surface area contributed by atoms with E-state index in [4.69, 9.17) is 11.6 Å². The second-order valence-corrected chi connectivity index (χ2v) is 12.2. The highest BCUT2D eigenvalue weighted by atomic mass is 35.5. The van der Waals surface area contributed by atoms with Gasteiger partial charge in [-0.05, 0) is 73.2 Å². The predicted molar refractivity (Wildman–Crippen MR) is 134 cm³/mol. The highest BCUT2D eigenvalue weighted by molar-refractivity contribution is 7.97. The van der Waals surface area contributed by atoms with Crippen LogP contribution in [0.4, 0.5) is 0 Å². The van der Waals surface area contributed by atoms with Gasteiger partial charge in [-0.3, -0.25) is 4.21 Å². The Labute approximate surface area is 192 Å². The van der Waals surface area contributed by atoms with Crippen LogP contribution in [-0.4, -0.2) is 34.5 Å². The summed E-state index contributed by atoms with van der Waals surface area (Å²) in [6, 6.07) is 17.4. The van der Waals surface area contributed by atoms with Crippen LogP contribution in [0.25, 0.3) is 0 Å². The van der Waals surface area contributed by atoms with Crippen LogP contribution in [-0.2, 0) is 9.71 Å². The van der Waals surface area contributed by atoms with Crippen molar-refractivity contribution in [2.75, 3.05) is 12.8 Å². The van der Waals surface area contributed by atoms with Crippen LogP contribution < -0.4 is 10.0 Å². The molecule has 1 aliphatic heterocycles. The lowest BCUT2D eigenvalue weighted by Crippen LogP contribution is -2.67. The second-order valence-electron chi connectivity index (χ2n) is 9.51. The van der Waals surface area contributed by atoms with Crippen LogP contribution in [0, 0.1) is 12.8 Å². The maximum atomic E-state index is 12.9. The lowest BCUT2D eigenvalue weighted by Gasteiger charge is -2.58. The largest absolute Gasteiger partial charge is 0.310 e. The topological polar surface area (TPSA) is 41.1 Å². The van der Waals surface area contributed by atoms with E-state index in [-0.39, 0.29) is 17.9 Å². The number of fused-ring (bicyclic) bond motifs is 1. The lowest BCUT2D eigenvalue weighted by molar-refractivity contribution is 0.101. The molecule has 1 heterocycles. The molecule has 2 aromatic carbocycles. The van der Waals surface area contributed by atoms with E-state index in [2.05, 4.69) is 72.7 Å². The van der Waals surface area contributed by atoms with Crippen molar-refractivity contribution < 1.29 is 4.21 Å². The summed E-state index contributed by atoms with van der Waals surface area (Å²) in [5, 5.41) is 4.40. The van der Waals surface area contributed by atoms with Gasteiger partial charge in [-0.2, -0.15) is 0 Å². The van der Waals surface area contributed by atoms with Gasteiger partial charge in [0.2, 0.25) is 0 Å². The van der Waals surface area contributed by atoms with Crippen LogP contribution in [0.1, 0.15) is 48.3 Å². The van der Waals surface area contributed by atoms with Gasteiger partial charge >= 0.3 is 0 Å². The van der Waals surface area contributed by atoms with E-state index < -0.39 is 15.2 Å². The normalized spacial score (nSPS) is 32.8. The van der Waals surface area contributed by atoms with Crippen molar-refractivity contribution >= 4 is 27.2 Å². The molecule has 2 fully saturated rings. The van der Waals surface area contributed by atoms with Crippen molar-refractivity contribution in [2.45, 2.75) is 50.1 Å². The summed E-state index contributed by atoms with van der Waals surface area (Å²) in [7, 11) is -2.42. The molecule has 166 valence electrons. The molecule has 1 saturated heterocycles. The molecule has 5 heteroatoms. The molecular formula is C26H33ClN2OS. The molecule has 0 aromatic heterocycles.